The maximum Gasteiger partial charge on any atom is 0.0621 e. The van der Waals surface area contributed by atoms with Crippen molar-refractivity contribution in [2.75, 3.05) is 0 Å². The Labute approximate surface area is 104 Å². The van der Waals surface area contributed by atoms with E-state index in [2.05, 4.69) is 43.3 Å². The second-order valence-electron chi connectivity index (χ2n) is 5.14. The third-order valence-electron chi connectivity index (χ3n) is 4.26. The van der Waals surface area contributed by atoms with Crippen molar-refractivity contribution in [3.8, 4) is 6.07 Å². The normalized spacial score (nSPS) is 27.9. The van der Waals surface area contributed by atoms with Crippen molar-refractivity contribution in [3.63, 3.8) is 0 Å². The van der Waals surface area contributed by atoms with Gasteiger partial charge in [0.15, 0.2) is 0 Å². The average Bonchev–Trinajstić information content (AvgIpc) is 2.80. The van der Waals surface area contributed by atoms with E-state index in [-0.39, 0.29) is 0 Å². The molecule has 1 saturated carbocycles. The Morgan fingerprint density at radius 3 is 2.53 bits per heavy atom. The first kappa shape index (κ1) is 12.2. The van der Waals surface area contributed by atoms with Gasteiger partial charge in [-0.2, -0.15) is 5.26 Å². The van der Waals surface area contributed by atoms with E-state index in [1.54, 1.807) is 0 Å². The highest BCUT2D eigenvalue weighted by Crippen LogP contribution is 2.47. The van der Waals surface area contributed by atoms with Crippen LogP contribution in [0.4, 0.5) is 0 Å². The van der Waals surface area contributed by atoms with Crippen molar-refractivity contribution in [1.82, 2.24) is 0 Å². The molecule has 0 aliphatic heterocycles. The molecule has 0 amide bonds. The average molecular weight is 227 g/mol. The Hall–Kier alpha value is -1.29. The van der Waals surface area contributed by atoms with Crippen molar-refractivity contribution >= 4 is 0 Å². The lowest BCUT2D eigenvalue weighted by Crippen LogP contribution is -2.12. The van der Waals surface area contributed by atoms with Crippen molar-refractivity contribution in [3.05, 3.63) is 35.9 Å². The van der Waals surface area contributed by atoms with E-state index in [1.807, 2.05) is 0 Å². The zero-order valence-electron chi connectivity index (χ0n) is 10.6. The second kappa shape index (κ2) is 5.87. The van der Waals surface area contributed by atoms with Gasteiger partial charge in [0.1, 0.15) is 0 Å². The zero-order valence-corrected chi connectivity index (χ0v) is 10.6. The Bertz CT molecular complexity index is 376. The summed E-state index contributed by atoms with van der Waals surface area (Å²) in [5.74, 6) is 2.23. The number of rotatable bonds is 4. The minimum Gasteiger partial charge on any atom is -0.198 e. The standard InChI is InChI=1S/C16H21N/c1-2-13-10-11-15(9-6-12-17)16(13)14-7-4-3-5-8-14/h3-5,7-8,13,15-16H,2,6,9-11H2,1H3. The minimum atomic E-state index is 0.689. The van der Waals surface area contributed by atoms with Crippen LogP contribution in [-0.4, -0.2) is 0 Å². The number of hydrogen-bond acceptors (Lipinski definition) is 1. The summed E-state index contributed by atoms with van der Waals surface area (Å²) in [7, 11) is 0. The van der Waals surface area contributed by atoms with Gasteiger partial charge >= 0.3 is 0 Å². The van der Waals surface area contributed by atoms with Gasteiger partial charge in [-0.25, -0.2) is 0 Å². The molecule has 0 spiro atoms. The molecule has 0 aromatic heterocycles. The molecule has 2 rings (SSSR count). The maximum absolute atomic E-state index is 8.76. The Morgan fingerprint density at radius 1 is 1.18 bits per heavy atom. The lowest BCUT2D eigenvalue weighted by molar-refractivity contribution is 0.387. The molecule has 0 radical (unpaired) electrons. The summed E-state index contributed by atoms with van der Waals surface area (Å²) in [6.07, 6.45) is 5.70. The van der Waals surface area contributed by atoms with E-state index in [4.69, 9.17) is 5.26 Å². The van der Waals surface area contributed by atoms with E-state index < -0.39 is 0 Å². The van der Waals surface area contributed by atoms with Crippen LogP contribution < -0.4 is 0 Å². The van der Waals surface area contributed by atoms with Crippen LogP contribution in [0.2, 0.25) is 0 Å². The van der Waals surface area contributed by atoms with Gasteiger partial charge in [-0.1, -0.05) is 43.7 Å². The topological polar surface area (TPSA) is 23.8 Å². The number of hydrogen-bond donors (Lipinski definition) is 0. The maximum atomic E-state index is 8.76. The molecule has 0 bridgehead atoms. The van der Waals surface area contributed by atoms with Gasteiger partial charge in [0, 0.05) is 6.42 Å². The Balaban J connectivity index is 2.16. The first-order chi connectivity index (χ1) is 8.36. The summed E-state index contributed by atoms with van der Waals surface area (Å²) in [6, 6.07) is 13.2. The molecule has 3 unspecified atom stereocenters. The van der Waals surface area contributed by atoms with Gasteiger partial charge in [-0.3, -0.25) is 0 Å². The van der Waals surface area contributed by atoms with Gasteiger partial charge in [-0.15, -0.1) is 0 Å². The fourth-order valence-electron chi connectivity index (χ4n) is 3.42. The van der Waals surface area contributed by atoms with Crippen LogP contribution in [0.25, 0.3) is 0 Å². The number of nitriles is 1. The Kier molecular flexibility index (Phi) is 4.20. The molecule has 1 fully saturated rings. The second-order valence-corrected chi connectivity index (χ2v) is 5.14. The molecular weight excluding hydrogens is 206 g/mol. The Morgan fingerprint density at radius 2 is 1.88 bits per heavy atom. The smallest absolute Gasteiger partial charge is 0.0621 e. The predicted octanol–water partition coefficient (Wildman–Crippen LogP) is 4.51. The molecule has 0 saturated heterocycles. The summed E-state index contributed by atoms with van der Waals surface area (Å²) >= 11 is 0. The van der Waals surface area contributed by atoms with Crippen molar-refractivity contribution < 1.29 is 0 Å². The van der Waals surface area contributed by atoms with E-state index in [9.17, 15) is 0 Å². The van der Waals surface area contributed by atoms with Crippen LogP contribution in [0, 0.1) is 23.2 Å². The minimum absolute atomic E-state index is 0.689. The predicted molar refractivity (Wildman–Crippen MR) is 70.5 cm³/mol. The van der Waals surface area contributed by atoms with E-state index >= 15 is 0 Å². The van der Waals surface area contributed by atoms with E-state index in [0.29, 0.717) is 12.3 Å². The van der Waals surface area contributed by atoms with Crippen LogP contribution in [0.15, 0.2) is 30.3 Å². The number of nitrogens with zero attached hydrogens (tertiary/aromatic N) is 1. The fraction of sp³-hybridized carbons (Fsp3) is 0.562. The van der Waals surface area contributed by atoms with Gasteiger partial charge in [0.25, 0.3) is 0 Å². The third-order valence-corrected chi connectivity index (χ3v) is 4.26. The molecule has 1 nitrogen and oxygen atoms in total. The van der Waals surface area contributed by atoms with Crippen molar-refractivity contribution in [1.29, 1.82) is 5.26 Å². The molecule has 3 atom stereocenters. The summed E-state index contributed by atoms with van der Waals surface area (Å²) < 4.78 is 0. The molecule has 1 aliphatic rings. The van der Waals surface area contributed by atoms with Crippen LogP contribution >= 0.6 is 0 Å². The molecule has 0 heterocycles. The lowest BCUT2D eigenvalue weighted by Gasteiger charge is -2.24. The van der Waals surface area contributed by atoms with Crippen LogP contribution in [-0.2, 0) is 0 Å². The van der Waals surface area contributed by atoms with Gasteiger partial charge in [0.2, 0.25) is 0 Å². The highest BCUT2D eigenvalue weighted by molar-refractivity contribution is 5.22. The van der Waals surface area contributed by atoms with Crippen LogP contribution in [0.1, 0.15) is 50.5 Å². The largest absolute Gasteiger partial charge is 0.198 e. The SMILES string of the molecule is CCC1CCC(CCC#N)C1c1ccccc1. The molecule has 1 aromatic rings. The summed E-state index contributed by atoms with van der Waals surface area (Å²) in [5.41, 5.74) is 1.49. The summed E-state index contributed by atoms with van der Waals surface area (Å²) in [5, 5.41) is 8.76. The van der Waals surface area contributed by atoms with E-state index in [1.165, 1.54) is 24.8 Å². The van der Waals surface area contributed by atoms with E-state index in [0.717, 1.165) is 18.3 Å². The molecule has 1 heteroatoms. The van der Waals surface area contributed by atoms with Crippen molar-refractivity contribution in [2.24, 2.45) is 11.8 Å². The van der Waals surface area contributed by atoms with Crippen LogP contribution in [0.3, 0.4) is 0 Å². The molecule has 17 heavy (non-hydrogen) atoms. The zero-order chi connectivity index (χ0) is 12.1. The molecule has 1 aliphatic carbocycles. The van der Waals surface area contributed by atoms with Crippen molar-refractivity contribution in [2.45, 2.75) is 44.9 Å². The van der Waals surface area contributed by atoms with Gasteiger partial charge < -0.3 is 0 Å². The summed E-state index contributed by atoms with van der Waals surface area (Å²) in [4.78, 5) is 0. The summed E-state index contributed by atoms with van der Waals surface area (Å²) in [6.45, 7) is 2.30. The fourth-order valence-corrected chi connectivity index (χ4v) is 3.42. The highest BCUT2D eigenvalue weighted by Gasteiger charge is 2.35. The number of benzene rings is 1. The molecular formula is C16H21N. The molecule has 0 N–H and O–H groups in total. The third kappa shape index (κ3) is 2.69. The first-order valence-corrected chi connectivity index (χ1v) is 6.78. The van der Waals surface area contributed by atoms with Gasteiger partial charge in [-0.05, 0) is 42.6 Å². The quantitative estimate of drug-likeness (QED) is 0.742. The van der Waals surface area contributed by atoms with Gasteiger partial charge in [0.05, 0.1) is 6.07 Å². The van der Waals surface area contributed by atoms with Crippen LogP contribution in [0.5, 0.6) is 0 Å². The highest BCUT2D eigenvalue weighted by atomic mass is 14.4. The molecule has 1 aromatic carbocycles. The monoisotopic (exact) mass is 227 g/mol. The molecule has 90 valence electrons. The first-order valence-electron chi connectivity index (χ1n) is 6.78. The lowest BCUT2D eigenvalue weighted by atomic mass is 9.80.